The maximum atomic E-state index is 6.15. The number of ether oxygens (including phenoxy) is 3. The zero-order chi connectivity index (χ0) is 19.3. The predicted octanol–water partition coefficient (Wildman–Crippen LogP) is 4.83. The van der Waals surface area contributed by atoms with Crippen LogP contribution in [-0.2, 0) is 14.2 Å². The van der Waals surface area contributed by atoms with E-state index in [1.165, 1.54) is 15.6 Å². The first-order valence-corrected chi connectivity index (χ1v) is 11.8. The van der Waals surface area contributed by atoms with Gasteiger partial charge in [-0.2, -0.15) is 0 Å². The number of hydrogen-bond acceptors (Lipinski definition) is 3. The molecule has 2 rings (SSSR count). The Hall–Kier alpha value is -0.381. The van der Waals surface area contributed by atoms with E-state index in [-0.39, 0.29) is 17.6 Å². The minimum absolute atomic E-state index is 0.112. The molecule has 0 N–H and O–H groups in total. The fraction of sp³-hybridized carbons (Fsp3) is 0.727. The van der Waals surface area contributed by atoms with E-state index in [1.807, 2.05) is 0 Å². The summed E-state index contributed by atoms with van der Waals surface area (Å²) in [5.41, 5.74) is 2.83. The van der Waals surface area contributed by atoms with Crippen molar-refractivity contribution in [3.8, 4) is 0 Å². The Morgan fingerprint density at radius 2 is 1.62 bits per heavy atom. The Morgan fingerprint density at radius 1 is 1.08 bits per heavy atom. The van der Waals surface area contributed by atoms with Gasteiger partial charge in [0.1, 0.15) is 0 Å². The molecule has 1 aromatic carbocycles. The van der Waals surface area contributed by atoms with Gasteiger partial charge in [0.05, 0.1) is 0 Å². The van der Waals surface area contributed by atoms with Gasteiger partial charge in [-0.25, -0.2) is 0 Å². The van der Waals surface area contributed by atoms with Crippen molar-refractivity contribution in [2.75, 3.05) is 19.8 Å². The van der Waals surface area contributed by atoms with Crippen molar-refractivity contribution in [3.05, 3.63) is 29.3 Å². The van der Waals surface area contributed by atoms with Crippen molar-refractivity contribution in [2.45, 2.75) is 78.0 Å². The van der Waals surface area contributed by atoms with Crippen LogP contribution in [0, 0.1) is 5.41 Å². The SMILES string of the molecule is CCO[C@H](C)c1cccc([C@@H](C)OCC)c1[Se][C@H]1CCO[C@@H]1C(C)(C)C. The van der Waals surface area contributed by atoms with Gasteiger partial charge in [-0.05, 0) is 0 Å². The van der Waals surface area contributed by atoms with Gasteiger partial charge < -0.3 is 0 Å². The van der Waals surface area contributed by atoms with Gasteiger partial charge >= 0.3 is 166 Å². The Balaban J connectivity index is 2.39. The molecule has 0 aliphatic carbocycles. The second-order valence-electron chi connectivity index (χ2n) is 8.06. The summed E-state index contributed by atoms with van der Waals surface area (Å²) in [6.45, 7) is 17.7. The van der Waals surface area contributed by atoms with Crippen LogP contribution in [0.5, 0.6) is 0 Å². The number of hydrogen-bond donors (Lipinski definition) is 0. The summed E-state index contributed by atoms with van der Waals surface area (Å²) in [6.07, 6.45) is 1.71. The molecular formula is C22H36O3Se. The van der Waals surface area contributed by atoms with E-state index in [2.05, 4.69) is 66.7 Å². The summed E-state index contributed by atoms with van der Waals surface area (Å²) < 4.78 is 19.5. The molecule has 1 fully saturated rings. The molecule has 3 nitrogen and oxygen atoms in total. The molecule has 0 aromatic heterocycles. The first-order chi connectivity index (χ1) is 12.3. The van der Waals surface area contributed by atoms with E-state index in [9.17, 15) is 0 Å². The topological polar surface area (TPSA) is 27.7 Å². The van der Waals surface area contributed by atoms with E-state index in [1.54, 1.807) is 0 Å². The average molecular weight is 427 g/mol. The van der Waals surface area contributed by atoms with Crippen LogP contribution in [0.25, 0.3) is 0 Å². The first kappa shape index (κ1) is 21.9. The van der Waals surface area contributed by atoms with Crippen LogP contribution in [0.15, 0.2) is 18.2 Å². The summed E-state index contributed by atoms with van der Waals surface area (Å²) in [5.74, 6) is 0. The molecule has 0 unspecified atom stereocenters. The molecule has 0 bridgehead atoms. The van der Waals surface area contributed by atoms with Gasteiger partial charge in [-0.3, -0.25) is 0 Å². The molecule has 4 heteroatoms. The molecule has 4 atom stereocenters. The third-order valence-corrected chi connectivity index (χ3v) is 8.08. The quantitative estimate of drug-likeness (QED) is 0.556. The second kappa shape index (κ2) is 9.70. The zero-order valence-corrected chi connectivity index (χ0v) is 19.2. The zero-order valence-electron chi connectivity index (χ0n) is 17.5. The van der Waals surface area contributed by atoms with Crippen LogP contribution in [0.3, 0.4) is 0 Å². The third kappa shape index (κ3) is 5.33. The number of benzene rings is 1. The van der Waals surface area contributed by atoms with E-state index >= 15 is 0 Å². The van der Waals surface area contributed by atoms with Crippen LogP contribution >= 0.6 is 0 Å². The summed E-state index contributed by atoms with van der Waals surface area (Å²) in [7, 11) is 0. The third-order valence-electron chi connectivity index (χ3n) is 4.95. The summed E-state index contributed by atoms with van der Waals surface area (Å²) >= 11 is 0.330. The van der Waals surface area contributed by atoms with Crippen molar-refractivity contribution in [2.24, 2.45) is 5.41 Å². The fourth-order valence-electron chi connectivity index (χ4n) is 3.68. The molecule has 1 aliphatic rings. The Labute approximate surface area is 166 Å². The van der Waals surface area contributed by atoms with Crippen molar-refractivity contribution < 1.29 is 14.2 Å². The first-order valence-electron chi connectivity index (χ1n) is 9.93. The van der Waals surface area contributed by atoms with E-state index < -0.39 is 0 Å². The van der Waals surface area contributed by atoms with Gasteiger partial charge in [0.15, 0.2) is 0 Å². The van der Waals surface area contributed by atoms with Crippen LogP contribution in [0.2, 0.25) is 4.82 Å². The van der Waals surface area contributed by atoms with Crippen molar-refractivity contribution in [3.63, 3.8) is 0 Å². The summed E-state index contributed by atoms with van der Waals surface area (Å²) in [6, 6.07) is 6.63. The average Bonchev–Trinajstić information content (AvgIpc) is 3.04. The predicted molar refractivity (Wildman–Crippen MR) is 109 cm³/mol. The molecule has 148 valence electrons. The molecule has 0 amide bonds. The maximum absolute atomic E-state index is 6.15. The molecule has 0 saturated carbocycles. The molecule has 0 spiro atoms. The summed E-state index contributed by atoms with van der Waals surface area (Å²) in [5, 5.41) is 0. The monoisotopic (exact) mass is 428 g/mol. The van der Waals surface area contributed by atoms with Crippen LogP contribution in [-0.4, -0.2) is 40.9 Å². The molecule has 1 heterocycles. The van der Waals surface area contributed by atoms with Crippen LogP contribution in [0.1, 0.15) is 78.2 Å². The van der Waals surface area contributed by atoms with Crippen molar-refractivity contribution >= 4 is 19.4 Å². The van der Waals surface area contributed by atoms with Gasteiger partial charge in [0.25, 0.3) is 0 Å². The van der Waals surface area contributed by atoms with E-state index in [0.29, 0.717) is 25.9 Å². The van der Waals surface area contributed by atoms with Crippen LogP contribution < -0.4 is 4.46 Å². The fourth-order valence-corrected chi connectivity index (χ4v) is 7.60. The number of rotatable bonds is 8. The van der Waals surface area contributed by atoms with E-state index in [0.717, 1.165) is 26.2 Å². The molecular weight excluding hydrogens is 391 g/mol. The Bertz CT molecular complexity index is 537. The Morgan fingerprint density at radius 3 is 2.08 bits per heavy atom. The van der Waals surface area contributed by atoms with E-state index in [4.69, 9.17) is 14.2 Å². The normalized spacial score (nSPS) is 23.2. The molecule has 1 saturated heterocycles. The second-order valence-corrected chi connectivity index (χ2v) is 10.7. The standard InChI is InChI=1S/C22H36O3Se/c1-8-23-15(3)17-11-10-12-18(16(4)24-9-2)20(17)26-19-13-14-25-21(19)22(5,6)7/h10-12,15-16,19,21H,8-9,13-14H2,1-7H3/t15-,16-,19+,21+/m1/s1. The minimum atomic E-state index is 0.112. The molecule has 0 radical (unpaired) electrons. The Kier molecular flexibility index (Phi) is 8.18. The molecule has 26 heavy (non-hydrogen) atoms. The summed E-state index contributed by atoms with van der Waals surface area (Å²) in [4.78, 5) is 0.602. The van der Waals surface area contributed by atoms with Gasteiger partial charge in [0.2, 0.25) is 0 Å². The molecule has 1 aromatic rings. The van der Waals surface area contributed by atoms with Crippen molar-refractivity contribution in [1.29, 1.82) is 0 Å². The van der Waals surface area contributed by atoms with Crippen LogP contribution in [0.4, 0.5) is 0 Å². The van der Waals surface area contributed by atoms with Gasteiger partial charge in [-0.1, -0.05) is 0 Å². The van der Waals surface area contributed by atoms with Gasteiger partial charge in [-0.15, -0.1) is 0 Å². The van der Waals surface area contributed by atoms with Crippen molar-refractivity contribution in [1.82, 2.24) is 0 Å². The molecule has 1 aliphatic heterocycles. The van der Waals surface area contributed by atoms with Gasteiger partial charge in [0, 0.05) is 0 Å².